The summed E-state index contributed by atoms with van der Waals surface area (Å²) in [7, 11) is 0. The van der Waals surface area contributed by atoms with Crippen LogP contribution < -0.4 is 10.1 Å². The number of thioether (sulfide) groups is 1. The van der Waals surface area contributed by atoms with Gasteiger partial charge in [0.1, 0.15) is 5.75 Å². The highest BCUT2D eigenvalue weighted by Gasteiger charge is 2.16. The highest BCUT2D eigenvalue weighted by Crippen LogP contribution is 2.25. The number of amides is 1. The Hall–Kier alpha value is -1.94. The molecule has 116 valence electrons. The molecule has 2 aromatic carbocycles. The van der Waals surface area contributed by atoms with Crippen molar-refractivity contribution in [1.29, 1.82) is 0 Å². The molecule has 0 aliphatic rings. The topological polar surface area (TPSA) is 38.3 Å². The molecular weight excluding hydrogens is 294 g/mol. The lowest BCUT2D eigenvalue weighted by Gasteiger charge is -2.16. The van der Waals surface area contributed by atoms with E-state index < -0.39 is 6.10 Å². The van der Waals surface area contributed by atoms with E-state index in [1.807, 2.05) is 55.6 Å². The zero-order valence-corrected chi connectivity index (χ0v) is 14.2. The first kappa shape index (κ1) is 16.4. The summed E-state index contributed by atoms with van der Waals surface area (Å²) < 4.78 is 5.74. The molecule has 0 heterocycles. The van der Waals surface area contributed by atoms with E-state index in [0.29, 0.717) is 5.75 Å². The van der Waals surface area contributed by atoms with E-state index in [1.54, 1.807) is 18.7 Å². The van der Waals surface area contributed by atoms with Crippen molar-refractivity contribution < 1.29 is 9.53 Å². The molecule has 0 aliphatic carbocycles. The monoisotopic (exact) mass is 315 g/mol. The number of carbonyl (C=O) groups excluding carboxylic acids is 1. The van der Waals surface area contributed by atoms with E-state index in [2.05, 4.69) is 12.2 Å². The fraction of sp³-hybridized carbons (Fsp3) is 0.278. The number of nitrogens with one attached hydrogen (secondary N) is 1. The van der Waals surface area contributed by atoms with Gasteiger partial charge in [0.05, 0.1) is 5.69 Å². The highest BCUT2D eigenvalue weighted by molar-refractivity contribution is 7.98. The summed E-state index contributed by atoms with van der Waals surface area (Å²) in [6, 6.07) is 13.6. The van der Waals surface area contributed by atoms with Crippen LogP contribution in [-0.2, 0) is 4.79 Å². The number of aryl methyl sites for hydroxylation is 2. The number of anilines is 1. The number of benzene rings is 2. The van der Waals surface area contributed by atoms with Crippen molar-refractivity contribution in [2.24, 2.45) is 0 Å². The molecular formula is C18H21NO2S. The van der Waals surface area contributed by atoms with Crippen molar-refractivity contribution in [3.63, 3.8) is 0 Å². The highest BCUT2D eigenvalue weighted by atomic mass is 32.2. The molecule has 0 spiro atoms. The number of hydrogen-bond donors (Lipinski definition) is 1. The average molecular weight is 315 g/mol. The fourth-order valence-electron chi connectivity index (χ4n) is 2.03. The predicted molar refractivity (Wildman–Crippen MR) is 92.9 cm³/mol. The summed E-state index contributed by atoms with van der Waals surface area (Å²) >= 11 is 1.60. The smallest absolute Gasteiger partial charge is 0.265 e. The predicted octanol–water partition coefficient (Wildman–Crippen LogP) is 4.43. The number of hydrogen-bond acceptors (Lipinski definition) is 3. The maximum atomic E-state index is 12.3. The van der Waals surface area contributed by atoms with E-state index in [-0.39, 0.29) is 5.91 Å². The Balaban J connectivity index is 2.04. The van der Waals surface area contributed by atoms with Crippen LogP contribution in [0.3, 0.4) is 0 Å². The second kappa shape index (κ2) is 7.36. The Bertz CT molecular complexity index is 670. The van der Waals surface area contributed by atoms with Crippen LogP contribution >= 0.6 is 11.8 Å². The summed E-state index contributed by atoms with van der Waals surface area (Å²) in [4.78, 5) is 13.3. The summed E-state index contributed by atoms with van der Waals surface area (Å²) in [5.41, 5.74) is 3.17. The van der Waals surface area contributed by atoms with Gasteiger partial charge in [0.25, 0.3) is 5.91 Å². The van der Waals surface area contributed by atoms with E-state index >= 15 is 0 Å². The molecule has 0 saturated carbocycles. The molecule has 0 unspecified atom stereocenters. The van der Waals surface area contributed by atoms with Crippen molar-refractivity contribution in [2.45, 2.75) is 31.8 Å². The first-order valence-electron chi connectivity index (χ1n) is 7.19. The minimum Gasteiger partial charge on any atom is -0.481 e. The van der Waals surface area contributed by atoms with Gasteiger partial charge in [-0.05, 0) is 62.4 Å². The van der Waals surface area contributed by atoms with Gasteiger partial charge in [0.15, 0.2) is 6.10 Å². The number of ether oxygens (including phenoxy) is 1. The van der Waals surface area contributed by atoms with E-state index in [1.165, 1.54) is 5.56 Å². The molecule has 22 heavy (non-hydrogen) atoms. The maximum absolute atomic E-state index is 12.3. The quantitative estimate of drug-likeness (QED) is 0.829. The summed E-state index contributed by atoms with van der Waals surface area (Å²) in [5, 5.41) is 2.92. The second-order valence-corrected chi connectivity index (χ2v) is 6.04. The Morgan fingerprint density at radius 3 is 2.55 bits per heavy atom. The zero-order valence-electron chi connectivity index (χ0n) is 13.3. The van der Waals surface area contributed by atoms with Gasteiger partial charge in [-0.3, -0.25) is 4.79 Å². The third-order valence-corrected chi connectivity index (χ3v) is 4.32. The molecule has 0 saturated heterocycles. The molecule has 0 radical (unpaired) electrons. The standard InChI is InChI=1S/C18H21NO2S/c1-12-9-10-15(11-13(12)2)21-14(3)18(20)19-16-7-5-6-8-17(16)22-4/h5-11,14H,1-4H3,(H,19,20)/t14-/m0/s1. The Kier molecular flexibility index (Phi) is 5.50. The summed E-state index contributed by atoms with van der Waals surface area (Å²) in [5.74, 6) is 0.559. The summed E-state index contributed by atoms with van der Waals surface area (Å²) in [6.45, 7) is 5.84. The molecule has 1 N–H and O–H groups in total. The van der Waals surface area contributed by atoms with Gasteiger partial charge in [-0.15, -0.1) is 11.8 Å². The lowest BCUT2D eigenvalue weighted by molar-refractivity contribution is -0.122. The molecule has 0 aromatic heterocycles. The van der Waals surface area contributed by atoms with Crippen LogP contribution in [0.2, 0.25) is 0 Å². The first-order chi connectivity index (χ1) is 10.5. The number of para-hydroxylation sites is 1. The Morgan fingerprint density at radius 1 is 1.14 bits per heavy atom. The fourth-order valence-corrected chi connectivity index (χ4v) is 2.58. The molecule has 1 amide bonds. The molecule has 4 heteroatoms. The van der Waals surface area contributed by atoms with Gasteiger partial charge in [0, 0.05) is 4.90 Å². The van der Waals surface area contributed by atoms with Gasteiger partial charge in [-0.25, -0.2) is 0 Å². The molecule has 0 fully saturated rings. The normalized spacial score (nSPS) is 11.8. The largest absolute Gasteiger partial charge is 0.481 e. The Morgan fingerprint density at radius 2 is 1.86 bits per heavy atom. The van der Waals surface area contributed by atoms with Crippen molar-refractivity contribution in [1.82, 2.24) is 0 Å². The van der Waals surface area contributed by atoms with Crippen LogP contribution in [0.4, 0.5) is 5.69 Å². The third-order valence-electron chi connectivity index (χ3n) is 3.53. The van der Waals surface area contributed by atoms with Crippen LogP contribution in [-0.4, -0.2) is 18.3 Å². The van der Waals surface area contributed by atoms with Crippen molar-refractivity contribution >= 4 is 23.4 Å². The van der Waals surface area contributed by atoms with E-state index in [9.17, 15) is 4.79 Å². The van der Waals surface area contributed by atoms with Crippen LogP contribution in [0.15, 0.2) is 47.4 Å². The molecule has 1 atom stereocenters. The minimum atomic E-state index is -0.558. The number of rotatable bonds is 5. The van der Waals surface area contributed by atoms with Gasteiger partial charge in [0.2, 0.25) is 0 Å². The molecule has 0 bridgehead atoms. The van der Waals surface area contributed by atoms with E-state index in [0.717, 1.165) is 16.1 Å². The second-order valence-electron chi connectivity index (χ2n) is 5.20. The van der Waals surface area contributed by atoms with Crippen molar-refractivity contribution in [3.8, 4) is 5.75 Å². The Labute approximate surface area is 136 Å². The van der Waals surface area contributed by atoms with Gasteiger partial charge >= 0.3 is 0 Å². The molecule has 2 aromatic rings. The molecule has 3 nitrogen and oxygen atoms in total. The van der Waals surface area contributed by atoms with Crippen LogP contribution in [0, 0.1) is 13.8 Å². The average Bonchev–Trinajstić information content (AvgIpc) is 2.51. The maximum Gasteiger partial charge on any atom is 0.265 e. The number of carbonyl (C=O) groups is 1. The third kappa shape index (κ3) is 4.04. The SMILES string of the molecule is CSc1ccccc1NC(=O)[C@H](C)Oc1ccc(C)c(C)c1. The van der Waals surface area contributed by atoms with Gasteiger partial charge in [-0.2, -0.15) is 0 Å². The molecule has 2 rings (SSSR count). The minimum absolute atomic E-state index is 0.153. The lowest BCUT2D eigenvalue weighted by atomic mass is 10.1. The van der Waals surface area contributed by atoms with Crippen LogP contribution in [0.5, 0.6) is 5.75 Å². The van der Waals surface area contributed by atoms with Crippen molar-refractivity contribution in [2.75, 3.05) is 11.6 Å². The van der Waals surface area contributed by atoms with Gasteiger partial charge in [-0.1, -0.05) is 18.2 Å². The summed E-state index contributed by atoms with van der Waals surface area (Å²) in [6.07, 6.45) is 1.43. The van der Waals surface area contributed by atoms with Gasteiger partial charge < -0.3 is 10.1 Å². The van der Waals surface area contributed by atoms with Crippen LogP contribution in [0.25, 0.3) is 0 Å². The molecule has 0 aliphatic heterocycles. The van der Waals surface area contributed by atoms with E-state index in [4.69, 9.17) is 4.74 Å². The van der Waals surface area contributed by atoms with Crippen molar-refractivity contribution in [3.05, 3.63) is 53.6 Å². The first-order valence-corrected chi connectivity index (χ1v) is 8.41. The lowest BCUT2D eigenvalue weighted by Crippen LogP contribution is -2.30. The van der Waals surface area contributed by atoms with Crippen LogP contribution in [0.1, 0.15) is 18.1 Å². The zero-order chi connectivity index (χ0) is 16.1.